The van der Waals surface area contributed by atoms with Crippen molar-refractivity contribution in [3.63, 3.8) is 0 Å². The van der Waals surface area contributed by atoms with Gasteiger partial charge in [0.2, 0.25) is 5.91 Å². The van der Waals surface area contributed by atoms with E-state index >= 15 is 0 Å². The molecule has 0 spiro atoms. The predicted molar refractivity (Wildman–Crippen MR) is 52.6 cm³/mol. The smallest absolute Gasteiger partial charge is 0.317 e. The van der Waals surface area contributed by atoms with Crippen LogP contribution < -0.4 is 11.1 Å². The number of rotatable bonds is 2. The molecule has 0 aromatic rings. The van der Waals surface area contributed by atoms with Crippen LogP contribution in [0.15, 0.2) is 0 Å². The lowest BCUT2D eigenvalue weighted by atomic mass is 9.98. The van der Waals surface area contributed by atoms with E-state index in [-0.39, 0.29) is 17.9 Å². The third-order valence-corrected chi connectivity index (χ3v) is 2.44. The second kappa shape index (κ2) is 4.83. The Morgan fingerprint density at radius 3 is 2.86 bits per heavy atom. The van der Waals surface area contributed by atoms with Crippen molar-refractivity contribution in [3.8, 4) is 0 Å². The molecule has 1 heterocycles. The van der Waals surface area contributed by atoms with E-state index in [0.717, 1.165) is 19.4 Å². The molecule has 14 heavy (non-hydrogen) atoms. The van der Waals surface area contributed by atoms with Gasteiger partial charge in [-0.15, -0.1) is 0 Å². The van der Waals surface area contributed by atoms with Gasteiger partial charge < -0.3 is 16.0 Å². The number of nitrogens with two attached hydrogens (primary N) is 1. The van der Waals surface area contributed by atoms with Crippen molar-refractivity contribution in [2.45, 2.75) is 19.8 Å². The molecular weight excluding hydrogens is 182 g/mol. The molecule has 1 atom stereocenters. The van der Waals surface area contributed by atoms with E-state index in [0.29, 0.717) is 13.1 Å². The highest BCUT2D eigenvalue weighted by Gasteiger charge is 2.26. The van der Waals surface area contributed by atoms with Gasteiger partial charge in [-0.3, -0.25) is 4.79 Å². The van der Waals surface area contributed by atoms with Crippen molar-refractivity contribution >= 4 is 11.9 Å². The summed E-state index contributed by atoms with van der Waals surface area (Å²) in [5.74, 6) is -0.481. The molecule has 0 bridgehead atoms. The van der Waals surface area contributed by atoms with Crippen molar-refractivity contribution in [3.05, 3.63) is 0 Å². The Bertz CT molecular complexity index is 230. The van der Waals surface area contributed by atoms with Crippen LogP contribution in [0.25, 0.3) is 0 Å². The maximum absolute atomic E-state index is 11.4. The zero-order valence-electron chi connectivity index (χ0n) is 8.45. The van der Waals surface area contributed by atoms with Crippen molar-refractivity contribution in [1.29, 1.82) is 0 Å². The van der Waals surface area contributed by atoms with Gasteiger partial charge in [0.25, 0.3) is 0 Å². The molecule has 3 N–H and O–H groups in total. The molecule has 1 fully saturated rings. The Morgan fingerprint density at radius 2 is 2.29 bits per heavy atom. The fraction of sp³-hybridized carbons (Fsp3) is 0.778. The van der Waals surface area contributed by atoms with Crippen LogP contribution in [0.5, 0.6) is 0 Å². The lowest BCUT2D eigenvalue weighted by molar-refractivity contribution is -0.123. The first kappa shape index (κ1) is 10.8. The van der Waals surface area contributed by atoms with Crippen LogP contribution in [-0.2, 0) is 4.79 Å². The van der Waals surface area contributed by atoms with Gasteiger partial charge in [0.05, 0.1) is 5.92 Å². The molecule has 1 aliphatic heterocycles. The van der Waals surface area contributed by atoms with Gasteiger partial charge in [-0.1, -0.05) is 0 Å². The molecular formula is C9H17N3O2. The highest BCUT2D eigenvalue weighted by atomic mass is 16.2. The summed E-state index contributed by atoms with van der Waals surface area (Å²) in [5.41, 5.74) is 5.21. The SMILES string of the molecule is CCNC(=O)N1CCCC(C(N)=O)C1. The number of likely N-dealkylation sites (tertiary alicyclic amines) is 1. The van der Waals surface area contributed by atoms with E-state index in [9.17, 15) is 9.59 Å². The highest BCUT2D eigenvalue weighted by Crippen LogP contribution is 2.15. The van der Waals surface area contributed by atoms with Crippen LogP contribution in [0, 0.1) is 5.92 Å². The minimum Gasteiger partial charge on any atom is -0.369 e. The van der Waals surface area contributed by atoms with Gasteiger partial charge >= 0.3 is 6.03 Å². The van der Waals surface area contributed by atoms with Crippen LogP contribution in [0.4, 0.5) is 4.79 Å². The largest absolute Gasteiger partial charge is 0.369 e. The summed E-state index contributed by atoms with van der Waals surface area (Å²) < 4.78 is 0. The molecule has 1 rings (SSSR count). The Balaban J connectivity index is 2.47. The van der Waals surface area contributed by atoms with E-state index in [1.165, 1.54) is 0 Å². The minimum atomic E-state index is -0.306. The van der Waals surface area contributed by atoms with Gasteiger partial charge in [0.1, 0.15) is 0 Å². The first-order valence-electron chi connectivity index (χ1n) is 4.97. The van der Waals surface area contributed by atoms with Crippen molar-refractivity contribution in [2.24, 2.45) is 11.7 Å². The number of amides is 3. The summed E-state index contributed by atoms with van der Waals surface area (Å²) in [6.45, 7) is 3.65. The molecule has 1 unspecified atom stereocenters. The van der Waals surface area contributed by atoms with E-state index < -0.39 is 0 Å². The molecule has 80 valence electrons. The quantitative estimate of drug-likeness (QED) is 0.652. The molecule has 5 nitrogen and oxygen atoms in total. The number of urea groups is 1. The van der Waals surface area contributed by atoms with Crippen LogP contribution in [0.3, 0.4) is 0 Å². The number of nitrogens with one attached hydrogen (secondary N) is 1. The second-order valence-electron chi connectivity index (χ2n) is 3.52. The number of carbonyl (C=O) groups is 2. The van der Waals surface area contributed by atoms with Crippen LogP contribution in [0.1, 0.15) is 19.8 Å². The van der Waals surface area contributed by atoms with E-state index in [1.54, 1.807) is 4.90 Å². The van der Waals surface area contributed by atoms with Crippen LogP contribution >= 0.6 is 0 Å². The van der Waals surface area contributed by atoms with Gasteiger partial charge in [-0.25, -0.2) is 4.79 Å². The molecule has 0 aromatic heterocycles. The molecule has 0 saturated carbocycles. The van der Waals surface area contributed by atoms with Crippen molar-refractivity contribution in [2.75, 3.05) is 19.6 Å². The van der Waals surface area contributed by atoms with Gasteiger partial charge in [-0.2, -0.15) is 0 Å². The standard InChI is InChI=1S/C9H17N3O2/c1-2-11-9(14)12-5-3-4-7(6-12)8(10)13/h7H,2-6H2,1H3,(H2,10,13)(H,11,14). The zero-order chi connectivity index (χ0) is 10.6. The molecule has 5 heteroatoms. The average molecular weight is 199 g/mol. The third-order valence-electron chi connectivity index (χ3n) is 2.44. The summed E-state index contributed by atoms with van der Waals surface area (Å²) in [4.78, 5) is 24.0. The minimum absolute atomic E-state index is 0.0987. The van der Waals surface area contributed by atoms with Crippen molar-refractivity contribution < 1.29 is 9.59 Å². The van der Waals surface area contributed by atoms with E-state index in [4.69, 9.17) is 5.73 Å². The normalized spacial score (nSPS) is 21.8. The number of nitrogens with zero attached hydrogens (tertiary/aromatic N) is 1. The van der Waals surface area contributed by atoms with E-state index in [2.05, 4.69) is 5.32 Å². The lowest BCUT2D eigenvalue weighted by Gasteiger charge is -2.31. The summed E-state index contributed by atoms with van der Waals surface area (Å²) in [7, 11) is 0. The fourth-order valence-electron chi connectivity index (χ4n) is 1.66. The number of primary amides is 1. The Kier molecular flexibility index (Phi) is 3.73. The lowest BCUT2D eigenvalue weighted by Crippen LogP contribution is -2.48. The fourth-order valence-corrected chi connectivity index (χ4v) is 1.66. The van der Waals surface area contributed by atoms with Crippen molar-refractivity contribution in [1.82, 2.24) is 10.2 Å². The molecule has 1 saturated heterocycles. The molecule has 1 aliphatic rings. The number of hydrogen-bond acceptors (Lipinski definition) is 2. The first-order valence-corrected chi connectivity index (χ1v) is 4.97. The molecule has 0 radical (unpaired) electrons. The first-order chi connectivity index (χ1) is 6.65. The Labute approximate surface area is 83.6 Å². The van der Waals surface area contributed by atoms with Crippen LogP contribution in [0.2, 0.25) is 0 Å². The summed E-state index contributed by atoms with van der Waals surface area (Å²) in [6.07, 6.45) is 1.65. The number of hydrogen-bond donors (Lipinski definition) is 2. The molecule has 3 amide bonds. The maximum atomic E-state index is 11.4. The molecule has 0 aliphatic carbocycles. The Morgan fingerprint density at radius 1 is 1.57 bits per heavy atom. The third kappa shape index (κ3) is 2.61. The zero-order valence-corrected chi connectivity index (χ0v) is 8.45. The van der Waals surface area contributed by atoms with Gasteiger partial charge in [0, 0.05) is 19.6 Å². The highest BCUT2D eigenvalue weighted by molar-refractivity contribution is 5.79. The second-order valence-corrected chi connectivity index (χ2v) is 3.52. The predicted octanol–water partition coefficient (Wildman–Crippen LogP) is -0.0868. The topological polar surface area (TPSA) is 75.4 Å². The van der Waals surface area contributed by atoms with E-state index in [1.807, 2.05) is 6.92 Å². The number of piperidine rings is 1. The monoisotopic (exact) mass is 199 g/mol. The van der Waals surface area contributed by atoms with Gasteiger partial charge in [0.15, 0.2) is 0 Å². The summed E-state index contributed by atoms with van der Waals surface area (Å²) in [6, 6.07) is -0.0987. The maximum Gasteiger partial charge on any atom is 0.317 e. The number of carbonyl (C=O) groups excluding carboxylic acids is 2. The summed E-state index contributed by atoms with van der Waals surface area (Å²) >= 11 is 0. The van der Waals surface area contributed by atoms with Gasteiger partial charge in [-0.05, 0) is 19.8 Å². The summed E-state index contributed by atoms with van der Waals surface area (Å²) in [5, 5.41) is 2.71. The Hall–Kier alpha value is -1.26. The average Bonchev–Trinajstić information content (AvgIpc) is 2.18. The van der Waals surface area contributed by atoms with Crippen LogP contribution in [-0.4, -0.2) is 36.5 Å². The molecule has 0 aromatic carbocycles.